The van der Waals surface area contributed by atoms with Gasteiger partial charge in [0.1, 0.15) is 24.8 Å². The molecule has 6 nitrogen and oxygen atoms in total. The SMILES string of the molecule is Cc1cc2sc(=O)cc(OCCOCCSCCOCCOC(=O)C(C)C)c2cc1F. The number of benzene rings is 1. The lowest BCUT2D eigenvalue weighted by Crippen LogP contribution is -2.15. The molecule has 0 bridgehead atoms. The number of hydrogen-bond donors (Lipinski definition) is 0. The average Bonchev–Trinajstić information content (AvgIpc) is 2.72. The first kappa shape index (κ1) is 25.6. The molecule has 0 N–H and O–H groups in total. The Balaban J connectivity index is 1.54. The van der Waals surface area contributed by atoms with Crippen molar-refractivity contribution in [3.05, 3.63) is 39.1 Å². The number of hydrogen-bond acceptors (Lipinski definition) is 8. The van der Waals surface area contributed by atoms with Crippen molar-refractivity contribution in [2.45, 2.75) is 20.8 Å². The Hall–Kier alpha value is -1.68. The molecule has 1 heterocycles. The molecule has 1 aromatic carbocycles. The summed E-state index contributed by atoms with van der Waals surface area (Å²) >= 11 is 2.78. The van der Waals surface area contributed by atoms with Gasteiger partial charge in [0.15, 0.2) is 0 Å². The van der Waals surface area contributed by atoms with Crippen LogP contribution in [0.5, 0.6) is 5.75 Å². The van der Waals surface area contributed by atoms with Crippen LogP contribution in [0.3, 0.4) is 0 Å². The van der Waals surface area contributed by atoms with E-state index in [-0.39, 0.29) is 35.7 Å². The lowest BCUT2D eigenvalue weighted by molar-refractivity contribution is -0.148. The van der Waals surface area contributed by atoms with Gasteiger partial charge in [0.25, 0.3) is 0 Å². The summed E-state index contributed by atoms with van der Waals surface area (Å²) in [6.07, 6.45) is 0. The summed E-state index contributed by atoms with van der Waals surface area (Å²) in [4.78, 5) is 23.1. The molecular formula is C22H29FO6S2. The normalized spacial score (nSPS) is 11.3. The molecule has 0 aliphatic heterocycles. The van der Waals surface area contributed by atoms with E-state index < -0.39 is 0 Å². The van der Waals surface area contributed by atoms with E-state index in [1.807, 2.05) is 0 Å². The van der Waals surface area contributed by atoms with E-state index in [0.29, 0.717) is 47.8 Å². The Morgan fingerprint density at radius 2 is 1.71 bits per heavy atom. The van der Waals surface area contributed by atoms with Gasteiger partial charge in [-0.3, -0.25) is 9.59 Å². The van der Waals surface area contributed by atoms with Crippen molar-refractivity contribution in [3.63, 3.8) is 0 Å². The van der Waals surface area contributed by atoms with Crippen LogP contribution in [0.15, 0.2) is 23.0 Å². The van der Waals surface area contributed by atoms with Crippen LogP contribution in [-0.4, -0.2) is 57.1 Å². The zero-order chi connectivity index (χ0) is 22.6. The number of ether oxygens (including phenoxy) is 4. The standard InChI is InChI=1S/C22H29FO6S2/c1-15(2)22(25)29-7-5-27-9-11-30-10-8-26-4-6-28-19-14-21(24)31-20-12-16(3)18(23)13-17(19)20/h12-15H,4-11H2,1-3H3. The minimum absolute atomic E-state index is 0.120. The largest absolute Gasteiger partial charge is 0.490 e. The molecule has 0 aliphatic carbocycles. The van der Waals surface area contributed by atoms with E-state index in [2.05, 4.69) is 0 Å². The first-order valence-electron chi connectivity index (χ1n) is 10.1. The fraction of sp³-hybridized carbons (Fsp3) is 0.545. The number of carbonyl (C=O) groups excluding carboxylic acids is 1. The van der Waals surface area contributed by atoms with Crippen LogP contribution in [-0.2, 0) is 19.0 Å². The van der Waals surface area contributed by atoms with Crippen LogP contribution in [0, 0.1) is 18.7 Å². The molecule has 2 aromatic rings. The topological polar surface area (TPSA) is 71.1 Å². The van der Waals surface area contributed by atoms with Crippen LogP contribution in [0.4, 0.5) is 4.39 Å². The first-order valence-corrected chi connectivity index (χ1v) is 12.1. The zero-order valence-electron chi connectivity index (χ0n) is 18.1. The number of thioether (sulfide) groups is 1. The third-order valence-electron chi connectivity index (χ3n) is 4.16. The number of fused-ring (bicyclic) bond motifs is 1. The highest BCUT2D eigenvalue weighted by Gasteiger charge is 2.09. The minimum Gasteiger partial charge on any atom is -0.490 e. The van der Waals surface area contributed by atoms with Gasteiger partial charge in [0.05, 0.1) is 32.3 Å². The lowest BCUT2D eigenvalue weighted by Gasteiger charge is -2.10. The Bertz CT molecular complexity index is 899. The number of rotatable bonds is 14. The number of halogens is 1. The van der Waals surface area contributed by atoms with Crippen LogP contribution >= 0.6 is 23.1 Å². The Kier molecular flexibility index (Phi) is 11.3. The second-order valence-corrected chi connectivity index (χ2v) is 9.31. The van der Waals surface area contributed by atoms with Crippen LogP contribution in [0.25, 0.3) is 10.1 Å². The summed E-state index contributed by atoms with van der Waals surface area (Å²) in [5.74, 6) is 1.37. The number of carbonyl (C=O) groups is 1. The van der Waals surface area contributed by atoms with Gasteiger partial charge < -0.3 is 18.9 Å². The van der Waals surface area contributed by atoms with Crippen LogP contribution in [0.2, 0.25) is 0 Å². The van der Waals surface area contributed by atoms with Crippen LogP contribution in [0.1, 0.15) is 19.4 Å². The van der Waals surface area contributed by atoms with Crippen LogP contribution < -0.4 is 9.48 Å². The minimum atomic E-state index is -0.322. The molecule has 0 radical (unpaired) electrons. The molecule has 2 rings (SSSR count). The summed E-state index contributed by atoms with van der Waals surface area (Å²) in [5.41, 5.74) is 0.501. The molecule has 0 fully saturated rings. The second kappa shape index (κ2) is 13.7. The summed E-state index contributed by atoms with van der Waals surface area (Å²) in [5, 5.41) is 0.599. The molecule has 0 atom stereocenters. The van der Waals surface area contributed by atoms with Gasteiger partial charge in [0.2, 0.25) is 4.74 Å². The quantitative estimate of drug-likeness (QED) is 0.303. The molecule has 1 aromatic heterocycles. The molecule has 0 saturated carbocycles. The van der Waals surface area contributed by atoms with Crippen molar-refractivity contribution < 1.29 is 28.1 Å². The van der Waals surface area contributed by atoms with Crippen molar-refractivity contribution >= 4 is 39.2 Å². The monoisotopic (exact) mass is 472 g/mol. The highest BCUT2D eigenvalue weighted by atomic mass is 32.2. The van der Waals surface area contributed by atoms with E-state index in [1.54, 1.807) is 38.6 Å². The van der Waals surface area contributed by atoms with E-state index in [9.17, 15) is 14.0 Å². The highest BCUT2D eigenvalue weighted by molar-refractivity contribution is 7.99. The number of esters is 1. The molecule has 0 spiro atoms. The molecule has 9 heteroatoms. The van der Waals surface area contributed by atoms with Crippen molar-refractivity contribution in [1.29, 1.82) is 0 Å². The Morgan fingerprint density at radius 1 is 1.03 bits per heavy atom. The van der Waals surface area contributed by atoms with Gasteiger partial charge in [-0.05, 0) is 24.6 Å². The summed E-state index contributed by atoms with van der Waals surface area (Å²) in [6.45, 7) is 7.74. The van der Waals surface area contributed by atoms with E-state index >= 15 is 0 Å². The van der Waals surface area contributed by atoms with Gasteiger partial charge in [-0.2, -0.15) is 11.8 Å². The average molecular weight is 473 g/mol. The lowest BCUT2D eigenvalue weighted by atomic mass is 10.1. The maximum absolute atomic E-state index is 13.9. The predicted octanol–water partition coefficient (Wildman–Crippen LogP) is 4.05. The van der Waals surface area contributed by atoms with Crippen molar-refractivity contribution in [2.75, 3.05) is 51.1 Å². The Labute approximate surface area is 190 Å². The van der Waals surface area contributed by atoms with Gasteiger partial charge in [-0.15, -0.1) is 0 Å². The van der Waals surface area contributed by atoms with Crippen molar-refractivity contribution in [3.8, 4) is 5.75 Å². The molecule has 0 aliphatic rings. The molecule has 0 unspecified atom stereocenters. The molecule has 31 heavy (non-hydrogen) atoms. The smallest absolute Gasteiger partial charge is 0.308 e. The maximum atomic E-state index is 13.9. The van der Waals surface area contributed by atoms with Crippen molar-refractivity contribution in [1.82, 2.24) is 0 Å². The first-order chi connectivity index (χ1) is 14.9. The highest BCUT2D eigenvalue weighted by Crippen LogP contribution is 2.28. The fourth-order valence-corrected chi connectivity index (χ4v) is 4.06. The molecule has 0 amide bonds. The van der Waals surface area contributed by atoms with Gasteiger partial charge >= 0.3 is 5.97 Å². The fourth-order valence-electron chi connectivity index (χ4n) is 2.49. The summed E-state index contributed by atoms with van der Waals surface area (Å²) < 4.78 is 36.1. The molecular weight excluding hydrogens is 443 g/mol. The second-order valence-electron chi connectivity index (χ2n) is 7.04. The summed E-state index contributed by atoms with van der Waals surface area (Å²) in [6, 6.07) is 4.46. The predicted molar refractivity (Wildman–Crippen MR) is 123 cm³/mol. The van der Waals surface area contributed by atoms with Gasteiger partial charge in [-0.25, -0.2) is 4.39 Å². The third-order valence-corrected chi connectivity index (χ3v) is 5.95. The third kappa shape index (κ3) is 9.14. The van der Waals surface area contributed by atoms with E-state index in [4.69, 9.17) is 18.9 Å². The van der Waals surface area contributed by atoms with Crippen molar-refractivity contribution in [2.24, 2.45) is 5.92 Å². The van der Waals surface area contributed by atoms with Gasteiger partial charge in [-0.1, -0.05) is 25.2 Å². The van der Waals surface area contributed by atoms with E-state index in [1.165, 1.54) is 12.1 Å². The Morgan fingerprint density at radius 3 is 2.39 bits per heavy atom. The summed E-state index contributed by atoms with van der Waals surface area (Å²) in [7, 11) is 0. The van der Waals surface area contributed by atoms with E-state index in [0.717, 1.165) is 22.8 Å². The zero-order valence-corrected chi connectivity index (χ0v) is 19.7. The number of aryl methyl sites for hydroxylation is 1. The maximum Gasteiger partial charge on any atom is 0.308 e. The van der Waals surface area contributed by atoms with Gasteiger partial charge in [0, 0.05) is 27.7 Å². The molecule has 172 valence electrons. The molecule has 0 saturated heterocycles.